The number of aromatic nitrogens is 3. The standard InChI is InChI=1S/C60H44N4/c1-39-19-23-41(24-20-39)57-35-43-37-60-44(38-59(43)63(57)47-31-27-45(28-32-47)61-53-15-7-3-11-49(53)50-12-4-8-16-54(50)61)36-58(42-25-21-40(2)22-26-42)64(60)48-33-29-46(30-34-48)62-55-17-9-5-13-51(55)52-14-6-10-18-56(52)62/h3-35,37-38,58H,36H2,1-2H3. The minimum Gasteiger partial charge on any atom is -0.333 e. The Labute approximate surface area is 372 Å². The number of hydrogen-bond acceptors (Lipinski definition) is 1. The van der Waals surface area contributed by atoms with Gasteiger partial charge >= 0.3 is 0 Å². The van der Waals surface area contributed by atoms with E-state index in [2.05, 4.69) is 245 Å². The molecular formula is C60H44N4. The summed E-state index contributed by atoms with van der Waals surface area (Å²) in [7, 11) is 0. The summed E-state index contributed by atoms with van der Waals surface area (Å²) in [5, 5.41) is 6.31. The van der Waals surface area contributed by atoms with Crippen LogP contribution in [0, 0.1) is 13.8 Å². The fourth-order valence-electron chi connectivity index (χ4n) is 10.6. The number of anilines is 2. The summed E-state index contributed by atoms with van der Waals surface area (Å²) in [5.41, 5.74) is 19.6. The molecule has 0 fully saturated rings. The lowest BCUT2D eigenvalue weighted by Gasteiger charge is -2.28. The highest BCUT2D eigenvalue weighted by atomic mass is 15.2. The van der Waals surface area contributed by atoms with E-state index in [0.29, 0.717) is 0 Å². The Kier molecular flexibility index (Phi) is 8.13. The molecule has 4 nitrogen and oxygen atoms in total. The summed E-state index contributed by atoms with van der Waals surface area (Å²) < 4.78 is 7.27. The van der Waals surface area contributed by atoms with Crippen molar-refractivity contribution in [2.75, 3.05) is 4.90 Å². The molecule has 4 heteroatoms. The highest BCUT2D eigenvalue weighted by Crippen LogP contribution is 2.48. The molecule has 1 atom stereocenters. The molecule has 0 aliphatic carbocycles. The highest BCUT2D eigenvalue weighted by molar-refractivity contribution is 6.10. The smallest absolute Gasteiger partial charge is 0.0632 e. The molecule has 1 aliphatic rings. The van der Waals surface area contributed by atoms with E-state index >= 15 is 0 Å². The third-order valence-electron chi connectivity index (χ3n) is 13.7. The third-order valence-corrected chi connectivity index (χ3v) is 13.7. The fraction of sp³-hybridized carbons (Fsp3) is 0.0667. The first kappa shape index (κ1) is 36.6. The Morgan fingerprint density at radius 2 is 0.797 bits per heavy atom. The molecule has 0 N–H and O–H groups in total. The molecule has 12 aromatic rings. The van der Waals surface area contributed by atoms with Crippen molar-refractivity contribution in [2.45, 2.75) is 26.3 Å². The Morgan fingerprint density at radius 1 is 0.375 bits per heavy atom. The van der Waals surface area contributed by atoms with Gasteiger partial charge in [-0.1, -0.05) is 132 Å². The Morgan fingerprint density at radius 3 is 1.28 bits per heavy atom. The van der Waals surface area contributed by atoms with Crippen LogP contribution in [0.3, 0.4) is 0 Å². The molecular weight excluding hydrogens is 777 g/mol. The van der Waals surface area contributed by atoms with Gasteiger partial charge in [-0.25, -0.2) is 0 Å². The normalized spacial score (nSPS) is 13.8. The van der Waals surface area contributed by atoms with Crippen LogP contribution >= 0.6 is 0 Å². The maximum absolute atomic E-state index is 2.58. The van der Waals surface area contributed by atoms with Gasteiger partial charge < -0.3 is 18.6 Å². The van der Waals surface area contributed by atoms with Crippen molar-refractivity contribution in [2.24, 2.45) is 0 Å². The van der Waals surface area contributed by atoms with E-state index in [1.807, 2.05) is 0 Å². The predicted octanol–water partition coefficient (Wildman–Crippen LogP) is 15.5. The molecule has 1 unspecified atom stereocenters. The topological polar surface area (TPSA) is 18.0 Å². The van der Waals surface area contributed by atoms with Gasteiger partial charge in [-0.05, 0) is 128 Å². The molecule has 3 aromatic heterocycles. The maximum atomic E-state index is 2.58. The van der Waals surface area contributed by atoms with Crippen molar-refractivity contribution in [3.8, 4) is 28.3 Å². The van der Waals surface area contributed by atoms with E-state index in [1.165, 1.54) is 99.4 Å². The van der Waals surface area contributed by atoms with Crippen LogP contribution in [-0.4, -0.2) is 13.7 Å². The molecule has 1 aliphatic heterocycles. The fourth-order valence-corrected chi connectivity index (χ4v) is 10.6. The summed E-state index contributed by atoms with van der Waals surface area (Å²) in [4.78, 5) is 2.58. The lowest BCUT2D eigenvalue weighted by Crippen LogP contribution is -2.19. The van der Waals surface area contributed by atoms with Crippen LogP contribution in [0.1, 0.15) is 28.3 Å². The van der Waals surface area contributed by atoms with Gasteiger partial charge in [0.25, 0.3) is 0 Å². The first-order valence-electron chi connectivity index (χ1n) is 22.3. The summed E-state index contributed by atoms with van der Waals surface area (Å²) in [6.45, 7) is 4.33. The van der Waals surface area contributed by atoms with Gasteiger partial charge in [0.05, 0.1) is 39.3 Å². The number of rotatable bonds is 6. The quantitative estimate of drug-likeness (QED) is 0.163. The van der Waals surface area contributed by atoms with E-state index in [0.717, 1.165) is 23.5 Å². The molecule has 4 heterocycles. The Hall–Kier alpha value is -8.08. The van der Waals surface area contributed by atoms with Gasteiger partial charge in [0.2, 0.25) is 0 Å². The molecule has 0 saturated heterocycles. The van der Waals surface area contributed by atoms with Crippen LogP contribution in [0.2, 0.25) is 0 Å². The Balaban J connectivity index is 0.960. The molecule has 304 valence electrons. The number of fused-ring (bicyclic) bond motifs is 8. The second-order valence-corrected chi connectivity index (χ2v) is 17.5. The molecule has 64 heavy (non-hydrogen) atoms. The van der Waals surface area contributed by atoms with Gasteiger partial charge in [-0.3, -0.25) is 0 Å². The molecule has 0 radical (unpaired) electrons. The monoisotopic (exact) mass is 820 g/mol. The zero-order valence-corrected chi connectivity index (χ0v) is 35.8. The largest absolute Gasteiger partial charge is 0.333 e. The predicted molar refractivity (Wildman–Crippen MR) is 268 cm³/mol. The van der Waals surface area contributed by atoms with Gasteiger partial charge in [-0.15, -0.1) is 0 Å². The van der Waals surface area contributed by atoms with E-state index in [-0.39, 0.29) is 6.04 Å². The van der Waals surface area contributed by atoms with E-state index < -0.39 is 0 Å². The van der Waals surface area contributed by atoms with Crippen molar-refractivity contribution in [3.05, 3.63) is 235 Å². The van der Waals surface area contributed by atoms with Crippen LogP contribution < -0.4 is 4.90 Å². The number of hydrogen-bond donors (Lipinski definition) is 0. The average Bonchev–Trinajstić information content (AvgIpc) is 4.09. The van der Waals surface area contributed by atoms with E-state index in [1.54, 1.807) is 0 Å². The summed E-state index contributed by atoms with van der Waals surface area (Å²) in [6, 6.07) is 78.9. The number of aryl methyl sites for hydroxylation is 2. The van der Waals surface area contributed by atoms with E-state index in [9.17, 15) is 0 Å². The minimum atomic E-state index is 0.150. The number of nitrogens with zero attached hydrogens (tertiary/aromatic N) is 4. The molecule has 13 rings (SSSR count). The van der Waals surface area contributed by atoms with Crippen LogP contribution in [0.5, 0.6) is 0 Å². The molecule has 0 saturated carbocycles. The van der Waals surface area contributed by atoms with Crippen molar-refractivity contribution >= 4 is 65.9 Å². The van der Waals surface area contributed by atoms with Crippen molar-refractivity contribution in [1.29, 1.82) is 0 Å². The Bertz CT molecular complexity index is 3640. The molecule has 0 bridgehead atoms. The first-order chi connectivity index (χ1) is 31.6. The lowest BCUT2D eigenvalue weighted by atomic mass is 10.0. The summed E-state index contributed by atoms with van der Waals surface area (Å²) in [5.74, 6) is 0. The van der Waals surface area contributed by atoms with Crippen LogP contribution in [0.4, 0.5) is 11.4 Å². The first-order valence-corrected chi connectivity index (χ1v) is 22.3. The second kappa shape index (κ2) is 14.2. The van der Waals surface area contributed by atoms with Crippen LogP contribution in [0.25, 0.3) is 82.8 Å². The minimum absolute atomic E-state index is 0.150. The van der Waals surface area contributed by atoms with Gasteiger partial charge in [0, 0.05) is 55.4 Å². The van der Waals surface area contributed by atoms with Gasteiger partial charge in [-0.2, -0.15) is 0 Å². The maximum Gasteiger partial charge on any atom is 0.0632 e. The van der Waals surface area contributed by atoms with Crippen molar-refractivity contribution in [3.63, 3.8) is 0 Å². The zero-order valence-electron chi connectivity index (χ0n) is 35.8. The third kappa shape index (κ3) is 5.62. The van der Waals surface area contributed by atoms with Crippen LogP contribution in [-0.2, 0) is 6.42 Å². The highest BCUT2D eigenvalue weighted by Gasteiger charge is 2.33. The van der Waals surface area contributed by atoms with Crippen LogP contribution in [0.15, 0.2) is 212 Å². The van der Waals surface area contributed by atoms with Gasteiger partial charge in [0.15, 0.2) is 0 Å². The molecule has 0 amide bonds. The SMILES string of the molecule is Cc1ccc(-c2cc3cc4c(cc3n2-c2ccc(-n3c5ccccc5c5ccccc53)cc2)CC(c2ccc(C)cc2)N4c2ccc(-n3c4ccccc4c4ccccc43)cc2)cc1. The summed E-state index contributed by atoms with van der Waals surface area (Å²) >= 11 is 0. The average molecular weight is 821 g/mol. The van der Waals surface area contributed by atoms with Gasteiger partial charge in [0.1, 0.15) is 0 Å². The number of benzene rings is 9. The zero-order chi connectivity index (χ0) is 42.5. The molecule has 0 spiro atoms. The lowest BCUT2D eigenvalue weighted by molar-refractivity contribution is 0.743. The van der Waals surface area contributed by atoms with Crippen molar-refractivity contribution < 1.29 is 0 Å². The van der Waals surface area contributed by atoms with Crippen molar-refractivity contribution in [1.82, 2.24) is 13.7 Å². The molecule has 9 aromatic carbocycles. The van der Waals surface area contributed by atoms with E-state index in [4.69, 9.17) is 0 Å². The summed E-state index contributed by atoms with van der Waals surface area (Å²) in [6.07, 6.45) is 0.903. The second-order valence-electron chi connectivity index (χ2n) is 17.5. The number of para-hydroxylation sites is 4.